The lowest BCUT2D eigenvalue weighted by atomic mass is 9.88. The van der Waals surface area contributed by atoms with E-state index in [1.807, 2.05) is 6.26 Å². The molecule has 0 radical (unpaired) electrons. The van der Waals surface area contributed by atoms with Crippen molar-refractivity contribution >= 4 is 52.1 Å². The standard InChI is InChI=1S/C39H41NOSi/c1-9-29-12-10-14-34-28(5)36(22-26(3)38(29)34)35-23-31(17-16-25(35)2)40(30-18-20-32(21-19-30)42(6,7)8)37-15-11-13-33-27(4)24-41-39(33)37/h10-24H,9H2,1-8H3. The third-order valence-electron chi connectivity index (χ3n) is 8.87. The molecular formula is C39H41NOSi. The van der Waals surface area contributed by atoms with Gasteiger partial charge in [0.25, 0.3) is 0 Å². The van der Waals surface area contributed by atoms with Crippen LogP contribution in [0.25, 0.3) is 32.9 Å². The molecule has 0 N–H and O–H groups in total. The minimum absolute atomic E-state index is 0.913. The first-order valence-corrected chi connectivity index (χ1v) is 18.6. The first-order chi connectivity index (χ1) is 20.1. The van der Waals surface area contributed by atoms with Crippen LogP contribution >= 0.6 is 0 Å². The molecule has 0 aliphatic carbocycles. The fourth-order valence-corrected chi connectivity index (χ4v) is 7.58. The van der Waals surface area contributed by atoms with Crippen molar-refractivity contribution in [2.75, 3.05) is 4.90 Å². The fourth-order valence-electron chi connectivity index (χ4n) is 6.42. The molecule has 0 unspecified atom stereocenters. The highest BCUT2D eigenvalue weighted by Gasteiger charge is 2.22. The van der Waals surface area contributed by atoms with Crippen molar-refractivity contribution in [1.82, 2.24) is 0 Å². The van der Waals surface area contributed by atoms with Crippen molar-refractivity contribution in [2.45, 2.75) is 60.7 Å². The Bertz CT molecular complexity index is 1940. The van der Waals surface area contributed by atoms with Crippen LogP contribution in [0.1, 0.15) is 34.7 Å². The van der Waals surface area contributed by atoms with Gasteiger partial charge in [-0.1, -0.05) is 86.3 Å². The van der Waals surface area contributed by atoms with Gasteiger partial charge in [-0.05, 0) is 114 Å². The smallest absolute Gasteiger partial charge is 0.158 e. The Morgan fingerprint density at radius 2 is 1.36 bits per heavy atom. The number of furan rings is 1. The predicted octanol–water partition coefficient (Wildman–Crippen LogP) is 11.1. The quantitative estimate of drug-likeness (QED) is 0.186. The van der Waals surface area contributed by atoms with E-state index in [0.29, 0.717) is 0 Å². The van der Waals surface area contributed by atoms with Gasteiger partial charge < -0.3 is 9.32 Å². The zero-order valence-corrected chi connectivity index (χ0v) is 27.2. The summed E-state index contributed by atoms with van der Waals surface area (Å²) in [4.78, 5) is 2.36. The second-order valence-electron chi connectivity index (χ2n) is 12.8. The molecule has 6 aromatic rings. The third-order valence-corrected chi connectivity index (χ3v) is 10.9. The molecule has 0 saturated heterocycles. The van der Waals surface area contributed by atoms with Crippen molar-refractivity contribution in [3.63, 3.8) is 0 Å². The molecule has 0 saturated carbocycles. The summed E-state index contributed by atoms with van der Waals surface area (Å²) in [6.45, 7) is 18.3. The van der Waals surface area contributed by atoms with Crippen LogP contribution in [-0.4, -0.2) is 8.07 Å². The van der Waals surface area contributed by atoms with E-state index >= 15 is 0 Å². The molecule has 0 spiro atoms. The maximum atomic E-state index is 6.19. The van der Waals surface area contributed by atoms with Crippen LogP contribution < -0.4 is 10.1 Å². The van der Waals surface area contributed by atoms with Crippen molar-refractivity contribution < 1.29 is 4.42 Å². The Balaban J connectivity index is 1.58. The highest BCUT2D eigenvalue weighted by atomic mass is 28.3. The molecule has 0 fully saturated rings. The molecule has 0 aliphatic heterocycles. The number of anilines is 3. The van der Waals surface area contributed by atoms with E-state index in [2.05, 4.69) is 144 Å². The number of nitrogens with zero attached hydrogens (tertiary/aromatic N) is 1. The minimum atomic E-state index is -1.43. The van der Waals surface area contributed by atoms with Gasteiger partial charge in [0.05, 0.1) is 20.0 Å². The normalized spacial score (nSPS) is 11.9. The van der Waals surface area contributed by atoms with E-state index < -0.39 is 8.07 Å². The minimum Gasteiger partial charge on any atom is -0.462 e. The molecule has 0 amide bonds. The molecule has 1 aromatic heterocycles. The Kier molecular flexibility index (Phi) is 7.10. The second-order valence-corrected chi connectivity index (χ2v) is 17.8. The van der Waals surface area contributed by atoms with Crippen LogP contribution in [0.4, 0.5) is 17.1 Å². The first kappa shape index (κ1) is 28.1. The fraction of sp³-hybridized carbons (Fsp3) is 0.231. The maximum absolute atomic E-state index is 6.19. The third kappa shape index (κ3) is 4.76. The monoisotopic (exact) mass is 567 g/mol. The maximum Gasteiger partial charge on any atom is 0.158 e. The van der Waals surface area contributed by atoms with E-state index in [-0.39, 0.29) is 0 Å². The van der Waals surface area contributed by atoms with E-state index in [1.165, 1.54) is 49.3 Å². The SMILES string of the molecule is CCc1cccc2c(C)c(-c3cc(N(c4ccc([Si](C)(C)C)cc4)c4cccc5c(C)coc45)ccc3C)cc(C)c12. The van der Waals surface area contributed by atoms with Gasteiger partial charge in [0.15, 0.2) is 5.58 Å². The Labute approximate surface area is 251 Å². The summed E-state index contributed by atoms with van der Waals surface area (Å²) in [6, 6.07) is 31.7. The number of hydrogen-bond acceptors (Lipinski definition) is 2. The van der Waals surface area contributed by atoms with Crippen LogP contribution in [0, 0.1) is 27.7 Å². The molecule has 2 nitrogen and oxygen atoms in total. The number of rotatable bonds is 6. The highest BCUT2D eigenvalue weighted by Crippen LogP contribution is 2.43. The van der Waals surface area contributed by atoms with Crippen molar-refractivity contribution in [1.29, 1.82) is 0 Å². The molecule has 5 aromatic carbocycles. The molecular weight excluding hydrogens is 527 g/mol. The molecule has 6 rings (SSSR count). The topological polar surface area (TPSA) is 16.4 Å². The lowest BCUT2D eigenvalue weighted by molar-refractivity contribution is 0.613. The zero-order chi connectivity index (χ0) is 29.8. The number of aryl methyl sites for hydroxylation is 5. The molecule has 0 atom stereocenters. The molecule has 0 bridgehead atoms. The van der Waals surface area contributed by atoms with E-state index in [9.17, 15) is 0 Å². The van der Waals surface area contributed by atoms with Gasteiger partial charge in [0.2, 0.25) is 0 Å². The lowest BCUT2D eigenvalue weighted by Crippen LogP contribution is -2.37. The zero-order valence-electron chi connectivity index (χ0n) is 26.2. The molecule has 1 heterocycles. The van der Waals surface area contributed by atoms with Crippen LogP contribution in [0.3, 0.4) is 0 Å². The van der Waals surface area contributed by atoms with Gasteiger partial charge in [0.1, 0.15) is 0 Å². The Morgan fingerprint density at radius 3 is 2.07 bits per heavy atom. The van der Waals surface area contributed by atoms with Crippen LogP contribution in [0.15, 0.2) is 95.6 Å². The first-order valence-electron chi connectivity index (χ1n) is 15.1. The van der Waals surface area contributed by atoms with Crippen molar-refractivity contribution in [3.05, 3.63) is 119 Å². The summed E-state index contributed by atoms with van der Waals surface area (Å²) >= 11 is 0. The summed E-state index contributed by atoms with van der Waals surface area (Å²) < 4.78 is 6.19. The summed E-state index contributed by atoms with van der Waals surface area (Å²) in [5.41, 5.74) is 13.3. The summed E-state index contributed by atoms with van der Waals surface area (Å²) in [5, 5.41) is 5.36. The largest absolute Gasteiger partial charge is 0.462 e. The molecule has 3 heteroatoms. The van der Waals surface area contributed by atoms with Gasteiger partial charge in [-0.3, -0.25) is 0 Å². The van der Waals surface area contributed by atoms with E-state index in [4.69, 9.17) is 4.42 Å². The van der Waals surface area contributed by atoms with Crippen LogP contribution in [0.5, 0.6) is 0 Å². The van der Waals surface area contributed by atoms with Gasteiger partial charge in [0, 0.05) is 16.8 Å². The number of para-hydroxylation sites is 1. The summed E-state index contributed by atoms with van der Waals surface area (Å²) in [5.74, 6) is 0. The van der Waals surface area contributed by atoms with Crippen LogP contribution in [0.2, 0.25) is 19.6 Å². The average Bonchev–Trinajstić information content (AvgIpc) is 3.36. The number of hydrogen-bond donors (Lipinski definition) is 0. The van der Waals surface area contributed by atoms with Crippen molar-refractivity contribution in [3.8, 4) is 11.1 Å². The number of fused-ring (bicyclic) bond motifs is 2. The highest BCUT2D eigenvalue weighted by molar-refractivity contribution is 6.88. The molecule has 42 heavy (non-hydrogen) atoms. The molecule has 0 aliphatic rings. The lowest BCUT2D eigenvalue weighted by Gasteiger charge is -2.28. The Morgan fingerprint density at radius 1 is 0.667 bits per heavy atom. The van der Waals surface area contributed by atoms with Gasteiger partial charge in [-0.25, -0.2) is 0 Å². The van der Waals surface area contributed by atoms with Gasteiger partial charge >= 0.3 is 0 Å². The molecule has 212 valence electrons. The Hall–Kier alpha value is -4.08. The van der Waals surface area contributed by atoms with Crippen LogP contribution in [-0.2, 0) is 6.42 Å². The number of benzene rings is 5. The van der Waals surface area contributed by atoms with E-state index in [1.54, 1.807) is 0 Å². The van der Waals surface area contributed by atoms with Gasteiger partial charge in [-0.15, -0.1) is 0 Å². The predicted molar refractivity (Wildman–Crippen MR) is 185 cm³/mol. The van der Waals surface area contributed by atoms with Gasteiger partial charge in [-0.2, -0.15) is 0 Å². The summed E-state index contributed by atoms with van der Waals surface area (Å²) in [7, 11) is -1.43. The second kappa shape index (κ2) is 10.6. The average molecular weight is 568 g/mol. The van der Waals surface area contributed by atoms with Crippen molar-refractivity contribution in [2.24, 2.45) is 0 Å². The van der Waals surface area contributed by atoms with E-state index in [0.717, 1.165) is 40.0 Å². The summed E-state index contributed by atoms with van der Waals surface area (Å²) in [6.07, 6.45) is 2.90.